The average molecular weight is 512 g/mol. The Morgan fingerprint density at radius 1 is 1.03 bits per heavy atom. The van der Waals surface area contributed by atoms with Gasteiger partial charge >= 0.3 is 11.6 Å². The third-order valence-electron chi connectivity index (χ3n) is 5.41. The minimum Gasteiger partial charge on any atom is -0.424 e. The summed E-state index contributed by atoms with van der Waals surface area (Å²) in [6, 6.07) is 18.2. The van der Waals surface area contributed by atoms with E-state index in [1.165, 1.54) is 30.3 Å². The van der Waals surface area contributed by atoms with E-state index in [0.717, 1.165) is 11.1 Å². The number of hydrogen-bond donors (Lipinski definition) is 1. The Balaban J connectivity index is 1.66. The van der Waals surface area contributed by atoms with Crippen LogP contribution < -0.4 is 15.1 Å². The molecule has 0 amide bonds. The summed E-state index contributed by atoms with van der Waals surface area (Å²) in [4.78, 5) is 25.0. The number of carbonyl (C=O) groups excluding carboxylic acids is 1. The minimum atomic E-state index is -4.03. The van der Waals surface area contributed by atoms with Crippen LogP contribution in [0.1, 0.15) is 16.7 Å². The molecule has 0 spiro atoms. The molecule has 1 heterocycles. The molecule has 0 bridgehead atoms. The Hall–Kier alpha value is -3.46. The van der Waals surface area contributed by atoms with Gasteiger partial charge in [-0.25, -0.2) is 18.0 Å². The Morgan fingerprint density at radius 3 is 2.40 bits per heavy atom. The van der Waals surface area contributed by atoms with E-state index >= 15 is 0 Å². The second-order valence-electron chi connectivity index (χ2n) is 8.12. The number of fused-ring (bicyclic) bond motifs is 1. The van der Waals surface area contributed by atoms with Gasteiger partial charge < -0.3 is 9.15 Å². The summed E-state index contributed by atoms with van der Waals surface area (Å²) in [5, 5.41) is 0.706. The van der Waals surface area contributed by atoms with E-state index in [-0.39, 0.29) is 27.7 Å². The summed E-state index contributed by atoms with van der Waals surface area (Å²) >= 11 is 6.33. The molecule has 0 radical (unpaired) electrons. The Labute approximate surface area is 207 Å². The molecule has 1 N–H and O–H groups in total. The summed E-state index contributed by atoms with van der Waals surface area (Å²) in [5.74, 6) is -0.911. The summed E-state index contributed by atoms with van der Waals surface area (Å²) in [7, 11) is -4.03. The summed E-state index contributed by atoms with van der Waals surface area (Å²) in [5.41, 5.74) is 1.93. The molecule has 1 aromatic heterocycles. The van der Waals surface area contributed by atoms with Gasteiger partial charge in [0.05, 0.1) is 9.92 Å². The third kappa shape index (κ3) is 5.79. The molecule has 7 nitrogen and oxygen atoms in total. The molecule has 0 saturated carbocycles. The summed E-state index contributed by atoms with van der Waals surface area (Å²) in [6.07, 6.45) is 0.0458. The Bertz CT molecular complexity index is 1550. The standard InChI is InChI=1S/C26H22ClNO6S/c1-16-8-10-19(11-9-16)35(31,32)28-22(13-18-6-4-3-5-7-18)26(30)34-24-15-23-20(14-21(24)27)17(2)12-25(29)33-23/h3-12,14-15,22,28H,13H2,1-2H3/t22-/m0/s1. The van der Waals surface area contributed by atoms with Gasteiger partial charge in [0.2, 0.25) is 10.0 Å². The lowest BCUT2D eigenvalue weighted by Gasteiger charge is -2.18. The van der Waals surface area contributed by atoms with Crippen LogP contribution in [-0.4, -0.2) is 20.4 Å². The highest BCUT2D eigenvalue weighted by Gasteiger charge is 2.28. The van der Waals surface area contributed by atoms with Crippen LogP contribution in [-0.2, 0) is 21.2 Å². The molecule has 0 aliphatic rings. The number of aryl methyl sites for hydroxylation is 2. The second-order valence-corrected chi connectivity index (χ2v) is 10.2. The van der Waals surface area contributed by atoms with Crippen molar-refractivity contribution < 1.29 is 22.4 Å². The van der Waals surface area contributed by atoms with Crippen molar-refractivity contribution in [2.24, 2.45) is 0 Å². The zero-order valence-electron chi connectivity index (χ0n) is 18.9. The number of benzene rings is 3. The van der Waals surface area contributed by atoms with E-state index in [2.05, 4.69) is 4.72 Å². The molecule has 0 unspecified atom stereocenters. The molecule has 35 heavy (non-hydrogen) atoms. The van der Waals surface area contributed by atoms with Gasteiger partial charge in [-0.1, -0.05) is 59.6 Å². The topological polar surface area (TPSA) is 103 Å². The second kappa shape index (κ2) is 10.0. The lowest BCUT2D eigenvalue weighted by atomic mass is 10.1. The molecule has 1 atom stereocenters. The van der Waals surface area contributed by atoms with Crippen molar-refractivity contribution in [2.45, 2.75) is 31.2 Å². The highest BCUT2D eigenvalue weighted by molar-refractivity contribution is 7.89. The fraction of sp³-hybridized carbons (Fsp3) is 0.154. The third-order valence-corrected chi connectivity index (χ3v) is 7.19. The SMILES string of the molecule is Cc1ccc(S(=O)(=O)N[C@@H](Cc2ccccc2)C(=O)Oc2cc3oc(=O)cc(C)c3cc2Cl)cc1. The lowest BCUT2D eigenvalue weighted by Crippen LogP contribution is -2.44. The van der Waals surface area contributed by atoms with Crippen LogP contribution in [0.15, 0.2) is 86.9 Å². The monoisotopic (exact) mass is 511 g/mol. The fourth-order valence-corrected chi connectivity index (χ4v) is 4.96. The maximum absolute atomic E-state index is 13.2. The van der Waals surface area contributed by atoms with Crippen LogP contribution in [0.5, 0.6) is 5.75 Å². The molecule has 4 aromatic rings. The van der Waals surface area contributed by atoms with Crippen LogP contribution in [0.4, 0.5) is 0 Å². The largest absolute Gasteiger partial charge is 0.424 e. The zero-order chi connectivity index (χ0) is 25.2. The molecule has 0 aliphatic carbocycles. The van der Waals surface area contributed by atoms with Crippen molar-refractivity contribution in [3.05, 3.63) is 105 Å². The van der Waals surface area contributed by atoms with E-state index in [9.17, 15) is 18.0 Å². The number of sulfonamides is 1. The number of rotatable bonds is 7. The first kappa shape index (κ1) is 24.7. The fourth-order valence-electron chi connectivity index (χ4n) is 3.57. The van der Waals surface area contributed by atoms with Gasteiger partial charge in [0.1, 0.15) is 11.6 Å². The van der Waals surface area contributed by atoms with Crippen LogP contribution in [0, 0.1) is 13.8 Å². The molecule has 0 aliphatic heterocycles. The predicted octanol–water partition coefficient (Wildman–Crippen LogP) is 4.56. The van der Waals surface area contributed by atoms with Crippen LogP contribution in [0.2, 0.25) is 5.02 Å². The van der Waals surface area contributed by atoms with E-state index in [0.29, 0.717) is 10.9 Å². The highest BCUT2D eigenvalue weighted by atomic mass is 35.5. The first-order chi connectivity index (χ1) is 16.6. The van der Waals surface area contributed by atoms with Gasteiger partial charge in [-0.15, -0.1) is 0 Å². The quantitative estimate of drug-likeness (QED) is 0.222. The van der Waals surface area contributed by atoms with Crippen molar-refractivity contribution in [2.75, 3.05) is 0 Å². The number of carbonyl (C=O) groups is 1. The molecule has 9 heteroatoms. The summed E-state index contributed by atoms with van der Waals surface area (Å²) < 4.78 is 39.2. The molecule has 0 fully saturated rings. The van der Waals surface area contributed by atoms with Gasteiger partial charge in [0.25, 0.3) is 0 Å². The van der Waals surface area contributed by atoms with Crippen molar-refractivity contribution in [1.82, 2.24) is 4.72 Å². The number of esters is 1. The average Bonchev–Trinajstić information content (AvgIpc) is 2.80. The van der Waals surface area contributed by atoms with Crippen LogP contribution in [0.25, 0.3) is 11.0 Å². The van der Waals surface area contributed by atoms with Gasteiger partial charge in [-0.2, -0.15) is 4.72 Å². The minimum absolute atomic E-state index is 0.0231. The summed E-state index contributed by atoms with van der Waals surface area (Å²) in [6.45, 7) is 3.58. The van der Waals surface area contributed by atoms with Gasteiger partial charge in [0.15, 0.2) is 5.75 Å². The number of ether oxygens (including phenoxy) is 1. The van der Waals surface area contributed by atoms with Crippen molar-refractivity contribution in [3.63, 3.8) is 0 Å². The molecule has 0 saturated heterocycles. The normalized spacial score (nSPS) is 12.4. The van der Waals surface area contributed by atoms with Gasteiger partial charge in [0, 0.05) is 17.5 Å². The van der Waals surface area contributed by atoms with E-state index < -0.39 is 27.7 Å². The van der Waals surface area contributed by atoms with E-state index in [1.54, 1.807) is 43.3 Å². The first-order valence-corrected chi connectivity index (χ1v) is 12.6. The Kier molecular flexibility index (Phi) is 7.07. The highest BCUT2D eigenvalue weighted by Crippen LogP contribution is 2.31. The van der Waals surface area contributed by atoms with E-state index in [4.69, 9.17) is 20.8 Å². The van der Waals surface area contributed by atoms with Gasteiger partial charge in [-0.3, -0.25) is 0 Å². The molecular weight excluding hydrogens is 490 g/mol. The predicted molar refractivity (Wildman–Crippen MR) is 133 cm³/mol. The van der Waals surface area contributed by atoms with Crippen molar-refractivity contribution in [1.29, 1.82) is 0 Å². The van der Waals surface area contributed by atoms with Gasteiger partial charge in [-0.05, 0) is 49.6 Å². The van der Waals surface area contributed by atoms with Crippen molar-refractivity contribution >= 4 is 38.6 Å². The number of halogens is 1. The molecular formula is C26H22ClNO6S. The number of hydrogen-bond acceptors (Lipinski definition) is 6. The van der Waals surface area contributed by atoms with Crippen LogP contribution in [0.3, 0.4) is 0 Å². The van der Waals surface area contributed by atoms with Crippen LogP contribution >= 0.6 is 11.6 Å². The van der Waals surface area contributed by atoms with E-state index in [1.807, 2.05) is 13.0 Å². The zero-order valence-corrected chi connectivity index (χ0v) is 20.5. The van der Waals surface area contributed by atoms with Crippen molar-refractivity contribution in [3.8, 4) is 5.75 Å². The lowest BCUT2D eigenvalue weighted by molar-refractivity contribution is -0.136. The molecule has 180 valence electrons. The maximum Gasteiger partial charge on any atom is 0.336 e. The first-order valence-electron chi connectivity index (χ1n) is 10.7. The molecule has 4 rings (SSSR count). The number of nitrogens with one attached hydrogen (secondary N) is 1. The smallest absolute Gasteiger partial charge is 0.336 e. The maximum atomic E-state index is 13.2. The molecule has 3 aromatic carbocycles. The Morgan fingerprint density at radius 2 is 1.71 bits per heavy atom.